The number of nitrogens with one attached hydrogen (secondary N) is 1. The van der Waals surface area contributed by atoms with Gasteiger partial charge in [0.05, 0.1) is 12.3 Å². The van der Waals surface area contributed by atoms with Crippen LogP contribution < -0.4 is 10.1 Å². The number of carbonyl (C=O) groups is 1. The van der Waals surface area contributed by atoms with Gasteiger partial charge in [-0.3, -0.25) is 4.79 Å². The van der Waals surface area contributed by atoms with Crippen molar-refractivity contribution in [3.05, 3.63) is 77.6 Å². The minimum absolute atomic E-state index is 0.0280. The second-order valence-electron chi connectivity index (χ2n) is 5.74. The van der Waals surface area contributed by atoms with E-state index in [4.69, 9.17) is 4.74 Å². The van der Waals surface area contributed by atoms with Crippen molar-refractivity contribution in [2.24, 2.45) is 0 Å². The van der Waals surface area contributed by atoms with Gasteiger partial charge >= 0.3 is 0 Å². The number of anilines is 1. The molecule has 134 valence electrons. The fraction of sp³-hybridized carbons (Fsp3) is 0.0909. The van der Waals surface area contributed by atoms with E-state index in [0.29, 0.717) is 12.2 Å². The molecule has 0 radical (unpaired) electrons. The van der Waals surface area contributed by atoms with Gasteiger partial charge in [0.1, 0.15) is 23.2 Å². The molecule has 0 fully saturated rings. The number of nitriles is 1. The molecule has 0 heterocycles. The molecular weight excluding hydrogens is 343 g/mol. The van der Waals surface area contributed by atoms with Crippen molar-refractivity contribution >= 4 is 28.4 Å². The molecule has 4 nitrogen and oxygen atoms in total. The zero-order chi connectivity index (χ0) is 19.2. The number of hydrogen-bond acceptors (Lipinski definition) is 3. The Bertz CT molecular complexity index is 1070. The fourth-order valence-corrected chi connectivity index (χ4v) is 2.76. The molecule has 3 aromatic rings. The number of ether oxygens (including phenoxy) is 1. The summed E-state index contributed by atoms with van der Waals surface area (Å²) in [5.74, 6) is -0.491. The molecule has 1 N–H and O–H groups in total. The third-order valence-corrected chi connectivity index (χ3v) is 4.00. The lowest BCUT2D eigenvalue weighted by atomic mass is 10.0. The summed E-state index contributed by atoms with van der Waals surface area (Å²) in [5.41, 5.74) is 0.613. The number of rotatable bonds is 5. The molecular formula is C22H17FN2O2. The molecule has 0 aromatic heterocycles. The van der Waals surface area contributed by atoms with Gasteiger partial charge in [-0.05, 0) is 42.1 Å². The highest BCUT2D eigenvalue weighted by Crippen LogP contribution is 2.30. The van der Waals surface area contributed by atoms with Crippen LogP contribution in [0.3, 0.4) is 0 Å². The van der Waals surface area contributed by atoms with Crippen LogP contribution in [0.1, 0.15) is 12.5 Å². The molecule has 0 aliphatic heterocycles. The smallest absolute Gasteiger partial charge is 0.266 e. The molecule has 3 aromatic carbocycles. The Morgan fingerprint density at radius 2 is 1.81 bits per heavy atom. The molecule has 0 saturated heterocycles. The summed E-state index contributed by atoms with van der Waals surface area (Å²) in [6.07, 6.45) is 1.49. The second-order valence-corrected chi connectivity index (χ2v) is 5.74. The number of nitrogens with zero attached hydrogens (tertiary/aromatic N) is 1. The summed E-state index contributed by atoms with van der Waals surface area (Å²) in [5, 5.41) is 13.6. The van der Waals surface area contributed by atoms with Gasteiger partial charge in [0, 0.05) is 5.39 Å². The summed E-state index contributed by atoms with van der Waals surface area (Å²) in [7, 11) is 0. The molecule has 0 saturated carbocycles. The normalized spacial score (nSPS) is 11.1. The monoisotopic (exact) mass is 360 g/mol. The van der Waals surface area contributed by atoms with Gasteiger partial charge in [-0.15, -0.1) is 0 Å². The van der Waals surface area contributed by atoms with Crippen molar-refractivity contribution in [3.63, 3.8) is 0 Å². The maximum absolute atomic E-state index is 13.7. The molecule has 0 aliphatic rings. The molecule has 0 bridgehead atoms. The van der Waals surface area contributed by atoms with Crippen LogP contribution in [0, 0.1) is 17.1 Å². The van der Waals surface area contributed by atoms with Crippen LogP contribution in [0.2, 0.25) is 0 Å². The van der Waals surface area contributed by atoms with Gasteiger partial charge in [-0.25, -0.2) is 4.39 Å². The van der Waals surface area contributed by atoms with Crippen LogP contribution in [0.4, 0.5) is 10.1 Å². The summed E-state index contributed by atoms with van der Waals surface area (Å²) in [6, 6.07) is 18.9. The average molecular weight is 360 g/mol. The maximum atomic E-state index is 13.7. The van der Waals surface area contributed by atoms with Crippen molar-refractivity contribution in [1.29, 1.82) is 5.26 Å². The number of fused-ring (bicyclic) bond motifs is 1. The zero-order valence-corrected chi connectivity index (χ0v) is 14.7. The first-order valence-electron chi connectivity index (χ1n) is 8.46. The summed E-state index contributed by atoms with van der Waals surface area (Å²) in [4.78, 5) is 12.4. The molecule has 27 heavy (non-hydrogen) atoms. The number of carbonyl (C=O) groups excluding carboxylic acids is 1. The van der Waals surface area contributed by atoms with Gasteiger partial charge in [-0.2, -0.15) is 5.26 Å². The van der Waals surface area contributed by atoms with E-state index in [2.05, 4.69) is 5.32 Å². The number of halogens is 1. The molecule has 0 atom stereocenters. The van der Waals surface area contributed by atoms with Crippen LogP contribution in [-0.2, 0) is 4.79 Å². The first-order chi connectivity index (χ1) is 13.1. The van der Waals surface area contributed by atoms with E-state index in [1.165, 1.54) is 24.3 Å². The van der Waals surface area contributed by atoms with Gasteiger partial charge in [0.25, 0.3) is 5.91 Å². The van der Waals surface area contributed by atoms with Crippen molar-refractivity contribution in [1.82, 2.24) is 0 Å². The van der Waals surface area contributed by atoms with E-state index in [0.717, 1.165) is 16.5 Å². The summed E-state index contributed by atoms with van der Waals surface area (Å²) in [6.45, 7) is 2.44. The van der Waals surface area contributed by atoms with E-state index < -0.39 is 11.7 Å². The maximum Gasteiger partial charge on any atom is 0.266 e. The van der Waals surface area contributed by atoms with E-state index in [-0.39, 0.29) is 11.3 Å². The third kappa shape index (κ3) is 3.96. The molecule has 0 spiro atoms. The number of hydrogen-bond donors (Lipinski definition) is 1. The highest BCUT2D eigenvalue weighted by Gasteiger charge is 2.13. The molecule has 1 amide bonds. The standard InChI is InChI=1S/C22H17FN2O2/c1-2-27-21-12-11-15(17-7-3-4-8-18(17)21)13-16(14-24)22(26)25-20-10-6-5-9-19(20)23/h3-13H,2H2,1H3,(H,25,26)/b16-13+. The number of amides is 1. The van der Waals surface area contributed by atoms with Crippen LogP contribution in [0.5, 0.6) is 5.75 Å². The van der Waals surface area contributed by atoms with Crippen molar-refractivity contribution in [2.45, 2.75) is 6.92 Å². The van der Waals surface area contributed by atoms with E-state index >= 15 is 0 Å². The minimum atomic E-state index is -0.666. The van der Waals surface area contributed by atoms with Crippen LogP contribution in [-0.4, -0.2) is 12.5 Å². The molecule has 0 aliphatic carbocycles. The lowest BCUT2D eigenvalue weighted by Crippen LogP contribution is -2.14. The summed E-state index contributed by atoms with van der Waals surface area (Å²) >= 11 is 0. The van der Waals surface area contributed by atoms with Gasteiger partial charge in [0.15, 0.2) is 0 Å². The lowest BCUT2D eigenvalue weighted by Gasteiger charge is -2.10. The Morgan fingerprint density at radius 3 is 2.52 bits per heavy atom. The van der Waals surface area contributed by atoms with Gasteiger partial charge in [0.2, 0.25) is 0 Å². The Balaban J connectivity index is 1.99. The quantitative estimate of drug-likeness (QED) is 0.519. The van der Waals surface area contributed by atoms with E-state index in [9.17, 15) is 14.4 Å². The number of para-hydroxylation sites is 1. The zero-order valence-electron chi connectivity index (χ0n) is 14.7. The van der Waals surface area contributed by atoms with Crippen LogP contribution in [0.15, 0.2) is 66.2 Å². The molecule has 0 unspecified atom stereocenters. The van der Waals surface area contributed by atoms with Crippen molar-refractivity contribution in [3.8, 4) is 11.8 Å². The molecule has 5 heteroatoms. The Kier molecular flexibility index (Phi) is 5.48. The summed E-state index contributed by atoms with van der Waals surface area (Å²) < 4.78 is 19.4. The highest BCUT2D eigenvalue weighted by molar-refractivity contribution is 6.11. The largest absolute Gasteiger partial charge is 0.493 e. The second kappa shape index (κ2) is 8.15. The minimum Gasteiger partial charge on any atom is -0.493 e. The third-order valence-electron chi connectivity index (χ3n) is 4.00. The first-order valence-corrected chi connectivity index (χ1v) is 8.46. The van der Waals surface area contributed by atoms with E-state index in [1.54, 1.807) is 18.2 Å². The van der Waals surface area contributed by atoms with Crippen LogP contribution >= 0.6 is 0 Å². The Morgan fingerprint density at radius 1 is 1.11 bits per heavy atom. The highest BCUT2D eigenvalue weighted by atomic mass is 19.1. The Labute approximate surface area is 156 Å². The average Bonchev–Trinajstić information content (AvgIpc) is 2.69. The topological polar surface area (TPSA) is 62.1 Å². The predicted molar refractivity (Wildman–Crippen MR) is 104 cm³/mol. The van der Waals surface area contributed by atoms with Crippen LogP contribution in [0.25, 0.3) is 16.8 Å². The first kappa shape index (κ1) is 18.2. The van der Waals surface area contributed by atoms with E-state index in [1.807, 2.05) is 37.3 Å². The fourth-order valence-electron chi connectivity index (χ4n) is 2.76. The Hall–Kier alpha value is -3.65. The number of benzene rings is 3. The SMILES string of the molecule is CCOc1ccc(/C=C(\C#N)C(=O)Nc2ccccc2F)c2ccccc12. The van der Waals surface area contributed by atoms with Gasteiger partial charge in [-0.1, -0.05) is 42.5 Å². The van der Waals surface area contributed by atoms with Gasteiger partial charge < -0.3 is 10.1 Å². The van der Waals surface area contributed by atoms with Crippen molar-refractivity contribution < 1.29 is 13.9 Å². The molecule has 3 rings (SSSR count). The van der Waals surface area contributed by atoms with Crippen molar-refractivity contribution in [2.75, 3.05) is 11.9 Å². The predicted octanol–water partition coefficient (Wildman–Crippen LogP) is 4.92. The lowest BCUT2D eigenvalue weighted by molar-refractivity contribution is -0.112.